The van der Waals surface area contributed by atoms with Crippen LogP contribution in [0.1, 0.15) is 24.8 Å². The Morgan fingerprint density at radius 2 is 1.24 bits per heavy atom. The Labute approximate surface area is 178 Å². The van der Waals surface area contributed by atoms with Crippen molar-refractivity contribution in [2.45, 2.75) is 46.2 Å². The van der Waals surface area contributed by atoms with Gasteiger partial charge < -0.3 is 0 Å². The van der Waals surface area contributed by atoms with Gasteiger partial charge in [-0.05, 0) is 0 Å². The van der Waals surface area contributed by atoms with Crippen LogP contribution in [0, 0.1) is 0 Å². The van der Waals surface area contributed by atoms with E-state index in [0.29, 0.717) is 4.90 Å². The summed E-state index contributed by atoms with van der Waals surface area (Å²) in [7, 11) is -3.37. The molecule has 0 aliphatic carbocycles. The van der Waals surface area contributed by atoms with Gasteiger partial charge in [0.05, 0.1) is 0 Å². The molecule has 29 heavy (non-hydrogen) atoms. The summed E-state index contributed by atoms with van der Waals surface area (Å²) in [5.41, 5.74) is 1.32. The molecule has 4 heteroatoms. The predicted molar refractivity (Wildman–Crippen MR) is 125 cm³/mol. The molecule has 0 saturated heterocycles. The molecule has 1 atom stereocenters. The van der Waals surface area contributed by atoms with Crippen molar-refractivity contribution in [2.75, 3.05) is 0 Å². The predicted octanol–water partition coefficient (Wildman–Crippen LogP) is 5.40. The second kappa shape index (κ2) is 9.77. The van der Waals surface area contributed by atoms with Crippen molar-refractivity contribution >= 4 is 27.5 Å². The average molecular weight is 467 g/mol. The normalized spacial score (nSPS) is 13.2. The van der Waals surface area contributed by atoms with Crippen LogP contribution in [0.2, 0.25) is 11.5 Å². The second-order valence-electron chi connectivity index (χ2n) is 8.17. The maximum atomic E-state index is 13.7. The van der Waals surface area contributed by atoms with E-state index in [1.54, 1.807) is 12.1 Å². The standard InChI is InChI=1S/C25H30GeO2S/c1-26(2,23-17-8-4-9-18-23)25(29(27,28)24-19-10-5-11-20-24)21-13-12-16-22-14-6-3-7-15-22/h3-11,14-15,17-20,25H,12-13,16,21H2,1-2H3. The SMILES string of the molecule is [CH3][Ge]([CH3])([c]1ccccc1)[CH](CCCCc1ccccc1)S(=O)(=O)c1ccccc1. The number of hydrogen-bond acceptors (Lipinski definition) is 2. The second-order valence-corrected chi connectivity index (χ2v) is 21.1. The number of sulfone groups is 1. The minimum absolute atomic E-state index is 0.289. The first-order chi connectivity index (χ1) is 13.9. The molecule has 0 amide bonds. The third-order valence-electron chi connectivity index (χ3n) is 5.79. The van der Waals surface area contributed by atoms with E-state index in [1.165, 1.54) is 9.96 Å². The molecule has 3 rings (SSSR count). The minimum atomic E-state index is -3.37. The molecule has 0 aromatic heterocycles. The molecule has 3 aromatic rings. The molecule has 0 spiro atoms. The van der Waals surface area contributed by atoms with Crippen molar-refractivity contribution < 1.29 is 8.42 Å². The summed E-state index contributed by atoms with van der Waals surface area (Å²) in [5, 5.41) is 0. The number of aryl methyl sites for hydroxylation is 1. The first-order valence-electron chi connectivity index (χ1n) is 10.3. The topological polar surface area (TPSA) is 34.1 Å². The quantitative estimate of drug-likeness (QED) is 0.312. The molecule has 2 nitrogen and oxygen atoms in total. The van der Waals surface area contributed by atoms with Crippen molar-refractivity contribution in [1.82, 2.24) is 0 Å². The molecular formula is C25H30GeO2S. The van der Waals surface area contributed by atoms with Crippen molar-refractivity contribution in [3.63, 3.8) is 0 Å². The van der Waals surface area contributed by atoms with Gasteiger partial charge in [-0.1, -0.05) is 0 Å². The fourth-order valence-electron chi connectivity index (χ4n) is 4.04. The summed E-state index contributed by atoms with van der Waals surface area (Å²) < 4.78 is 28.3. The Balaban J connectivity index is 1.83. The van der Waals surface area contributed by atoms with E-state index in [-0.39, 0.29) is 4.08 Å². The van der Waals surface area contributed by atoms with E-state index < -0.39 is 23.1 Å². The van der Waals surface area contributed by atoms with E-state index in [4.69, 9.17) is 0 Å². The summed E-state index contributed by atoms with van der Waals surface area (Å²) in [4.78, 5) is 0.461. The van der Waals surface area contributed by atoms with Crippen LogP contribution < -0.4 is 4.40 Å². The Bertz CT molecular complexity index is 985. The first-order valence-corrected chi connectivity index (χ1v) is 18.3. The van der Waals surface area contributed by atoms with Crippen LogP contribution in [0.4, 0.5) is 0 Å². The molecule has 0 saturated carbocycles. The van der Waals surface area contributed by atoms with Gasteiger partial charge in [-0.3, -0.25) is 0 Å². The van der Waals surface area contributed by atoms with E-state index >= 15 is 0 Å². The number of hydrogen-bond donors (Lipinski definition) is 0. The van der Waals surface area contributed by atoms with Crippen LogP contribution >= 0.6 is 0 Å². The van der Waals surface area contributed by atoms with Crippen LogP contribution in [0.5, 0.6) is 0 Å². The number of benzene rings is 3. The number of rotatable bonds is 9. The van der Waals surface area contributed by atoms with Gasteiger partial charge in [0, 0.05) is 0 Å². The van der Waals surface area contributed by atoms with Gasteiger partial charge in [-0.15, -0.1) is 0 Å². The van der Waals surface area contributed by atoms with Crippen LogP contribution in [0.25, 0.3) is 0 Å². The Kier molecular flexibility index (Phi) is 7.36. The molecular weight excluding hydrogens is 437 g/mol. The number of unbranched alkanes of at least 4 members (excludes halogenated alkanes) is 1. The third kappa shape index (κ3) is 5.40. The molecule has 0 fully saturated rings. The van der Waals surface area contributed by atoms with Crippen LogP contribution in [-0.4, -0.2) is 25.8 Å². The third-order valence-corrected chi connectivity index (χ3v) is 20.5. The van der Waals surface area contributed by atoms with Gasteiger partial charge in [0.2, 0.25) is 0 Å². The Morgan fingerprint density at radius 3 is 1.83 bits per heavy atom. The fraction of sp³-hybridized carbons (Fsp3) is 0.280. The molecule has 0 radical (unpaired) electrons. The zero-order chi connectivity index (χ0) is 20.7. The molecule has 152 valence electrons. The first kappa shape index (κ1) is 21.9. The summed E-state index contributed by atoms with van der Waals surface area (Å²) in [6, 6.07) is 29.8. The molecule has 0 N–H and O–H groups in total. The maximum absolute atomic E-state index is 13.7. The summed E-state index contributed by atoms with van der Waals surface area (Å²) >= 11 is -2.86. The van der Waals surface area contributed by atoms with Crippen molar-refractivity contribution in [2.24, 2.45) is 0 Å². The summed E-state index contributed by atoms with van der Waals surface area (Å²) in [6.45, 7) is 0. The van der Waals surface area contributed by atoms with Crippen molar-refractivity contribution in [3.05, 3.63) is 96.6 Å². The molecule has 0 aliphatic rings. The van der Waals surface area contributed by atoms with Gasteiger partial charge >= 0.3 is 179 Å². The Hall–Kier alpha value is -1.85. The zero-order valence-electron chi connectivity index (χ0n) is 17.3. The van der Waals surface area contributed by atoms with Gasteiger partial charge in [0.15, 0.2) is 0 Å². The molecule has 0 bridgehead atoms. The van der Waals surface area contributed by atoms with E-state index in [0.717, 1.165) is 25.7 Å². The van der Waals surface area contributed by atoms with Crippen LogP contribution in [-0.2, 0) is 16.3 Å². The van der Waals surface area contributed by atoms with E-state index in [9.17, 15) is 8.42 Å². The molecule has 3 aromatic carbocycles. The van der Waals surface area contributed by atoms with Crippen molar-refractivity contribution in [3.8, 4) is 0 Å². The van der Waals surface area contributed by atoms with Crippen molar-refractivity contribution in [1.29, 1.82) is 0 Å². The average Bonchev–Trinajstić information content (AvgIpc) is 2.75. The fourth-order valence-corrected chi connectivity index (χ4v) is 17.5. The van der Waals surface area contributed by atoms with Gasteiger partial charge in [0.1, 0.15) is 0 Å². The molecule has 0 aliphatic heterocycles. The summed E-state index contributed by atoms with van der Waals surface area (Å²) in [6.07, 6.45) is 3.66. The monoisotopic (exact) mass is 468 g/mol. The summed E-state index contributed by atoms with van der Waals surface area (Å²) in [5.74, 6) is 4.50. The van der Waals surface area contributed by atoms with Gasteiger partial charge in [-0.2, -0.15) is 0 Å². The Morgan fingerprint density at radius 1 is 0.724 bits per heavy atom. The van der Waals surface area contributed by atoms with Crippen LogP contribution in [0.3, 0.4) is 0 Å². The zero-order valence-corrected chi connectivity index (χ0v) is 20.2. The van der Waals surface area contributed by atoms with E-state index in [1.807, 2.05) is 42.5 Å². The molecule has 1 unspecified atom stereocenters. The van der Waals surface area contributed by atoms with Gasteiger partial charge in [0.25, 0.3) is 0 Å². The van der Waals surface area contributed by atoms with Gasteiger partial charge in [-0.25, -0.2) is 0 Å². The molecule has 0 heterocycles. The van der Waals surface area contributed by atoms with E-state index in [2.05, 4.69) is 47.9 Å². The van der Waals surface area contributed by atoms with Crippen LogP contribution in [0.15, 0.2) is 95.9 Å².